The van der Waals surface area contributed by atoms with Crippen LogP contribution < -0.4 is 0 Å². The monoisotopic (exact) mass is 329 g/mol. The molecule has 1 atom stereocenters. The number of aliphatic hydroxyl groups is 1. The van der Waals surface area contributed by atoms with Gasteiger partial charge in [-0.15, -0.1) is 5.10 Å². The van der Waals surface area contributed by atoms with Crippen molar-refractivity contribution < 1.29 is 14.3 Å². The predicted molar refractivity (Wildman–Crippen MR) is 82.8 cm³/mol. The van der Waals surface area contributed by atoms with Gasteiger partial charge < -0.3 is 5.11 Å². The minimum Gasteiger partial charge on any atom is -0.386 e. The third-order valence-electron chi connectivity index (χ3n) is 3.55. The lowest BCUT2D eigenvalue weighted by atomic mass is 10.1. The van der Waals surface area contributed by atoms with E-state index in [1.54, 1.807) is 26.0 Å². The third kappa shape index (κ3) is 3.23. The van der Waals surface area contributed by atoms with Crippen molar-refractivity contribution in [1.82, 2.24) is 24.8 Å². The molecule has 0 unspecified atom stereocenters. The van der Waals surface area contributed by atoms with E-state index in [1.165, 1.54) is 33.8 Å². The van der Waals surface area contributed by atoms with Crippen LogP contribution in [0, 0.1) is 19.7 Å². The van der Waals surface area contributed by atoms with Crippen LogP contribution in [0.3, 0.4) is 0 Å². The number of benzene rings is 1. The fourth-order valence-corrected chi connectivity index (χ4v) is 2.43. The molecule has 24 heavy (non-hydrogen) atoms. The van der Waals surface area contributed by atoms with Gasteiger partial charge in [0.25, 0.3) is 0 Å². The minimum atomic E-state index is -0.959. The van der Waals surface area contributed by atoms with Crippen LogP contribution in [-0.4, -0.2) is 35.8 Å². The summed E-state index contributed by atoms with van der Waals surface area (Å²) in [6, 6.07) is 7.48. The van der Waals surface area contributed by atoms with Crippen molar-refractivity contribution in [3.63, 3.8) is 0 Å². The van der Waals surface area contributed by atoms with Gasteiger partial charge in [-0.2, -0.15) is 9.78 Å². The second kappa shape index (κ2) is 6.32. The van der Waals surface area contributed by atoms with Gasteiger partial charge >= 0.3 is 5.91 Å². The van der Waals surface area contributed by atoms with E-state index < -0.39 is 17.8 Å². The number of rotatable bonds is 4. The first-order chi connectivity index (χ1) is 11.4. The van der Waals surface area contributed by atoms with E-state index in [1.807, 2.05) is 0 Å². The van der Waals surface area contributed by atoms with Crippen molar-refractivity contribution in [3.05, 3.63) is 65.0 Å². The van der Waals surface area contributed by atoms with Crippen LogP contribution in [0.2, 0.25) is 0 Å². The van der Waals surface area contributed by atoms with E-state index >= 15 is 0 Å². The summed E-state index contributed by atoms with van der Waals surface area (Å²) in [5, 5.41) is 21.9. The summed E-state index contributed by atoms with van der Waals surface area (Å²) >= 11 is 0. The van der Waals surface area contributed by atoms with Gasteiger partial charge in [-0.05, 0) is 37.6 Å². The topological polar surface area (TPSA) is 85.8 Å². The molecular formula is C16H16FN5O2. The largest absolute Gasteiger partial charge is 0.386 e. The second-order valence-electron chi connectivity index (χ2n) is 5.54. The molecule has 124 valence electrons. The summed E-state index contributed by atoms with van der Waals surface area (Å²) in [7, 11) is 0. The van der Waals surface area contributed by atoms with Crippen molar-refractivity contribution in [2.24, 2.45) is 0 Å². The number of carbonyl (C=O) groups is 1. The number of aromatic nitrogens is 5. The maximum Gasteiger partial charge on any atom is 0.300 e. The molecular weight excluding hydrogens is 313 g/mol. The molecule has 1 aromatic carbocycles. The van der Waals surface area contributed by atoms with E-state index in [0.29, 0.717) is 11.3 Å². The SMILES string of the molecule is Cc1cc(C)n(C(=O)c2cn(C[C@H](O)c3cccc(F)c3)nn2)n1. The van der Waals surface area contributed by atoms with Crippen LogP contribution in [0.4, 0.5) is 4.39 Å². The number of nitrogens with zero attached hydrogens (tertiary/aromatic N) is 5. The van der Waals surface area contributed by atoms with Crippen molar-refractivity contribution in [2.45, 2.75) is 26.5 Å². The average Bonchev–Trinajstić information content (AvgIpc) is 3.13. The van der Waals surface area contributed by atoms with Crippen LogP contribution in [-0.2, 0) is 6.54 Å². The van der Waals surface area contributed by atoms with Crippen molar-refractivity contribution in [1.29, 1.82) is 0 Å². The molecule has 0 aliphatic carbocycles. The number of carbonyl (C=O) groups excluding carboxylic acids is 1. The van der Waals surface area contributed by atoms with Crippen LogP contribution in [0.5, 0.6) is 0 Å². The molecule has 0 radical (unpaired) electrons. The van der Waals surface area contributed by atoms with E-state index in [4.69, 9.17) is 0 Å². The molecule has 7 nitrogen and oxygen atoms in total. The Morgan fingerprint density at radius 2 is 2.12 bits per heavy atom. The molecule has 0 amide bonds. The maximum absolute atomic E-state index is 13.2. The van der Waals surface area contributed by atoms with E-state index in [0.717, 1.165) is 5.69 Å². The first-order valence-corrected chi connectivity index (χ1v) is 7.35. The number of hydrogen-bond acceptors (Lipinski definition) is 5. The van der Waals surface area contributed by atoms with Gasteiger partial charge in [0.2, 0.25) is 0 Å². The van der Waals surface area contributed by atoms with Gasteiger partial charge in [0, 0.05) is 5.69 Å². The van der Waals surface area contributed by atoms with Gasteiger partial charge in [-0.3, -0.25) is 4.79 Å². The first-order valence-electron chi connectivity index (χ1n) is 7.35. The van der Waals surface area contributed by atoms with Gasteiger partial charge in [-0.25, -0.2) is 9.07 Å². The first kappa shape index (κ1) is 16.0. The molecule has 3 rings (SSSR count). The Labute approximate surface area is 137 Å². The highest BCUT2D eigenvalue weighted by Gasteiger charge is 2.18. The van der Waals surface area contributed by atoms with Crippen LogP contribution in [0.25, 0.3) is 0 Å². The lowest BCUT2D eigenvalue weighted by Crippen LogP contribution is -2.15. The third-order valence-corrected chi connectivity index (χ3v) is 3.55. The number of hydrogen-bond donors (Lipinski definition) is 1. The molecule has 0 spiro atoms. The van der Waals surface area contributed by atoms with Gasteiger partial charge in [0.1, 0.15) is 5.82 Å². The quantitative estimate of drug-likeness (QED) is 0.786. The summed E-state index contributed by atoms with van der Waals surface area (Å²) in [5.41, 5.74) is 1.98. The molecule has 1 N–H and O–H groups in total. The minimum absolute atomic E-state index is 0.0564. The van der Waals surface area contributed by atoms with Gasteiger partial charge in [-0.1, -0.05) is 17.3 Å². The fourth-order valence-electron chi connectivity index (χ4n) is 2.43. The molecule has 0 bridgehead atoms. The Bertz CT molecular complexity index is 886. The smallest absolute Gasteiger partial charge is 0.300 e. The standard InChI is InChI=1S/C16H16FN5O2/c1-10-6-11(2)22(19-10)16(24)14-8-21(20-18-14)9-15(23)12-4-3-5-13(17)7-12/h3-8,15,23H,9H2,1-2H3/t15-/m0/s1. The molecule has 8 heteroatoms. The van der Waals surface area contributed by atoms with E-state index in [9.17, 15) is 14.3 Å². The van der Waals surface area contributed by atoms with Crippen molar-refractivity contribution in [2.75, 3.05) is 0 Å². The Balaban J connectivity index is 1.76. The molecule has 0 saturated carbocycles. The number of aryl methyl sites for hydroxylation is 2. The molecule has 0 saturated heterocycles. The van der Waals surface area contributed by atoms with Crippen LogP contribution >= 0.6 is 0 Å². The molecule has 0 aliphatic heterocycles. The molecule has 0 aliphatic rings. The highest BCUT2D eigenvalue weighted by atomic mass is 19.1. The Hall–Kier alpha value is -2.87. The zero-order valence-corrected chi connectivity index (χ0v) is 13.2. The van der Waals surface area contributed by atoms with Crippen LogP contribution in [0.15, 0.2) is 36.5 Å². The van der Waals surface area contributed by atoms with E-state index in [2.05, 4.69) is 15.4 Å². The summed E-state index contributed by atoms with van der Waals surface area (Å²) in [5.74, 6) is -0.822. The van der Waals surface area contributed by atoms with Gasteiger partial charge in [0.05, 0.1) is 24.5 Å². The summed E-state index contributed by atoms with van der Waals surface area (Å²) in [4.78, 5) is 12.4. The second-order valence-corrected chi connectivity index (χ2v) is 5.54. The zero-order valence-electron chi connectivity index (χ0n) is 13.2. The van der Waals surface area contributed by atoms with Crippen LogP contribution in [0.1, 0.15) is 33.5 Å². The summed E-state index contributed by atoms with van der Waals surface area (Å²) in [6.07, 6.45) is 0.473. The fraction of sp³-hybridized carbons (Fsp3) is 0.250. The maximum atomic E-state index is 13.2. The summed E-state index contributed by atoms with van der Waals surface area (Å²) in [6.45, 7) is 3.62. The average molecular weight is 329 g/mol. The normalized spacial score (nSPS) is 12.3. The Morgan fingerprint density at radius 3 is 2.79 bits per heavy atom. The zero-order chi connectivity index (χ0) is 17.3. The number of halogens is 1. The molecule has 2 heterocycles. The molecule has 2 aromatic heterocycles. The lowest BCUT2D eigenvalue weighted by Gasteiger charge is -2.10. The van der Waals surface area contributed by atoms with Gasteiger partial charge in [0.15, 0.2) is 5.69 Å². The Morgan fingerprint density at radius 1 is 1.33 bits per heavy atom. The van der Waals surface area contributed by atoms with Crippen molar-refractivity contribution in [3.8, 4) is 0 Å². The Kier molecular flexibility index (Phi) is 4.22. The number of aliphatic hydroxyl groups excluding tert-OH is 1. The van der Waals surface area contributed by atoms with Crippen molar-refractivity contribution >= 4 is 5.91 Å². The highest BCUT2D eigenvalue weighted by molar-refractivity contribution is 5.93. The highest BCUT2D eigenvalue weighted by Crippen LogP contribution is 2.16. The lowest BCUT2D eigenvalue weighted by molar-refractivity contribution is 0.0937. The summed E-state index contributed by atoms with van der Waals surface area (Å²) < 4.78 is 15.8. The predicted octanol–water partition coefficient (Wildman–Crippen LogP) is 1.65. The molecule has 0 fully saturated rings. The van der Waals surface area contributed by atoms with E-state index in [-0.39, 0.29) is 12.2 Å². The molecule has 3 aromatic rings.